The summed E-state index contributed by atoms with van der Waals surface area (Å²) in [5, 5.41) is 2.91. The summed E-state index contributed by atoms with van der Waals surface area (Å²) in [6, 6.07) is 18.6. The molecule has 2 amide bonds. The zero-order chi connectivity index (χ0) is 31.1. The van der Waals surface area contributed by atoms with Gasteiger partial charge in [-0.3, -0.25) is 13.9 Å². The lowest BCUT2D eigenvalue weighted by Gasteiger charge is -2.33. The van der Waals surface area contributed by atoms with E-state index in [0.717, 1.165) is 9.87 Å². The highest BCUT2D eigenvalue weighted by molar-refractivity contribution is 7.92. The summed E-state index contributed by atoms with van der Waals surface area (Å²) in [5.41, 5.74) is 0.378. The molecule has 0 bridgehead atoms. The molecule has 1 N–H and O–H groups in total. The summed E-state index contributed by atoms with van der Waals surface area (Å²) in [6.45, 7) is 6.63. The van der Waals surface area contributed by atoms with Crippen LogP contribution in [0.5, 0.6) is 17.2 Å². The SMILES string of the molecule is COc1ccc(CN(C(=O)CN(c2ccccc2OC)S(=O)(=O)c2ccc(OC)cc2)[C@H](C)C(=O)NC(C)(C)C)cc1. The van der Waals surface area contributed by atoms with Gasteiger partial charge >= 0.3 is 0 Å². The molecule has 0 fully saturated rings. The smallest absolute Gasteiger partial charge is 0.264 e. The van der Waals surface area contributed by atoms with Gasteiger partial charge in [-0.05, 0) is 81.8 Å². The van der Waals surface area contributed by atoms with Crippen molar-refractivity contribution in [1.82, 2.24) is 10.2 Å². The molecule has 0 spiro atoms. The fraction of sp³-hybridized carbons (Fsp3) is 0.355. The van der Waals surface area contributed by atoms with Crippen LogP contribution in [0.1, 0.15) is 33.3 Å². The second kappa shape index (κ2) is 13.6. The first kappa shape index (κ1) is 32.3. The highest BCUT2D eigenvalue weighted by atomic mass is 32.2. The molecule has 0 saturated carbocycles. The Balaban J connectivity index is 2.07. The molecule has 3 rings (SSSR count). The molecule has 226 valence electrons. The van der Waals surface area contributed by atoms with Crippen molar-refractivity contribution < 1.29 is 32.2 Å². The number of para-hydroxylation sites is 2. The molecule has 0 unspecified atom stereocenters. The number of sulfonamides is 1. The van der Waals surface area contributed by atoms with Gasteiger partial charge in [0.15, 0.2) is 0 Å². The molecule has 0 aromatic heterocycles. The Morgan fingerprint density at radius 1 is 0.833 bits per heavy atom. The molecule has 0 aliphatic carbocycles. The average molecular weight is 598 g/mol. The van der Waals surface area contributed by atoms with Crippen LogP contribution in [0.3, 0.4) is 0 Å². The third kappa shape index (κ3) is 7.94. The van der Waals surface area contributed by atoms with E-state index in [1.807, 2.05) is 20.8 Å². The van der Waals surface area contributed by atoms with Gasteiger partial charge in [-0.1, -0.05) is 24.3 Å². The van der Waals surface area contributed by atoms with E-state index in [1.54, 1.807) is 62.6 Å². The first-order valence-corrected chi connectivity index (χ1v) is 14.8. The molecule has 42 heavy (non-hydrogen) atoms. The van der Waals surface area contributed by atoms with Crippen LogP contribution in [0.25, 0.3) is 0 Å². The number of carbonyl (C=O) groups excluding carboxylic acids is 2. The Morgan fingerprint density at radius 3 is 1.90 bits per heavy atom. The predicted octanol–water partition coefficient (Wildman–Crippen LogP) is 4.24. The molecule has 3 aromatic rings. The lowest BCUT2D eigenvalue weighted by atomic mass is 10.1. The zero-order valence-corrected chi connectivity index (χ0v) is 25.9. The van der Waals surface area contributed by atoms with Crippen LogP contribution in [-0.4, -0.2) is 64.6 Å². The van der Waals surface area contributed by atoms with Crippen LogP contribution in [0.15, 0.2) is 77.7 Å². The van der Waals surface area contributed by atoms with E-state index in [9.17, 15) is 18.0 Å². The van der Waals surface area contributed by atoms with E-state index in [4.69, 9.17) is 14.2 Å². The maximum atomic E-state index is 14.1. The van der Waals surface area contributed by atoms with Crippen molar-refractivity contribution in [3.8, 4) is 17.2 Å². The molecule has 10 nitrogen and oxygen atoms in total. The lowest BCUT2D eigenvalue weighted by Crippen LogP contribution is -2.54. The molecular formula is C31H39N3O7S. The van der Waals surface area contributed by atoms with E-state index >= 15 is 0 Å². The Bertz CT molecular complexity index is 1470. The van der Waals surface area contributed by atoms with Gasteiger partial charge in [0.25, 0.3) is 10.0 Å². The quantitative estimate of drug-likeness (QED) is 0.332. The topological polar surface area (TPSA) is 114 Å². The maximum absolute atomic E-state index is 14.1. The molecule has 0 saturated heterocycles. The Kier molecular flexibility index (Phi) is 10.5. The van der Waals surface area contributed by atoms with Gasteiger partial charge in [0.1, 0.15) is 29.8 Å². The van der Waals surface area contributed by atoms with Crippen LogP contribution in [0.4, 0.5) is 5.69 Å². The normalized spacial score (nSPS) is 12.2. The van der Waals surface area contributed by atoms with Crippen LogP contribution in [0, 0.1) is 0 Å². The molecule has 11 heteroatoms. The number of anilines is 1. The van der Waals surface area contributed by atoms with Gasteiger partial charge in [0.2, 0.25) is 11.8 Å². The number of amides is 2. The van der Waals surface area contributed by atoms with Crippen molar-refractivity contribution in [3.63, 3.8) is 0 Å². The molecule has 0 heterocycles. The minimum absolute atomic E-state index is 0.0396. The standard InChI is InChI=1S/C31H39N3O7S/c1-22(30(36)32-31(2,3)4)33(20-23-12-14-24(39-5)15-13-23)29(35)21-34(27-10-8-9-11-28(27)41-7)42(37,38)26-18-16-25(40-6)17-19-26/h8-19,22H,20-21H2,1-7H3,(H,32,36)/t22-/m1/s1. The predicted molar refractivity (Wildman–Crippen MR) is 161 cm³/mol. The summed E-state index contributed by atoms with van der Waals surface area (Å²) in [4.78, 5) is 28.7. The van der Waals surface area contributed by atoms with Crippen molar-refractivity contribution in [2.75, 3.05) is 32.2 Å². The summed E-state index contributed by atoms with van der Waals surface area (Å²) >= 11 is 0. The molecule has 0 aliphatic rings. The fourth-order valence-corrected chi connectivity index (χ4v) is 5.63. The van der Waals surface area contributed by atoms with Crippen LogP contribution < -0.4 is 23.8 Å². The number of ether oxygens (including phenoxy) is 3. The number of nitrogens with one attached hydrogen (secondary N) is 1. The summed E-state index contributed by atoms with van der Waals surface area (Å²) < 4.78 is 45.0. The van der Waals surface area contributed by atoms with E-state index in [0.29, 0.717) is 11.5 Å². The van der Waals surface area contributed by atoms with E-state index in [1.165, 1.54) is 43.4 Å². The Hall–Kier alpha value is -4.25. The molecule has 0 radical (unpaired) electrons. The lowest BCUT2D eigenvalue weighted by molar-refractivity contribution is -0.140. The average Bonchev–Trinajstić information content (AvgIpc) is 2.97. The highest BCUT2D eigenvalue weighted by Crippen LogP contribution is 2.33. The number of benzene rings is 3. The Morgan fingerprint density at radius 2 is 1.38 bits per heavy atom. The zero-order valence-electron chi connectivity index (χ0n) is 25.1. The van der Waals surface area contributed by atoms with Gasteiger partial charge in [-0.2, -0.15) is 0 Å². The van der Waals surface area contributed by atoms with Crippen molar-refractivity contribution >= 4 is 27.5 Å². The van der Waals surface area contributed by atoms with Crippen molar-refractivity contribution in [3.05, 3.63) is 78.4 Å². The van der Waals surface area contributed by atoms with E-state index in [-0.39, 0.29) is 28.8 Å². The number of hydrogen-bond donors (Lipinski definition) is 1. The van der Waals surface area contributed by atoms with Gasteiger partial charge < -0.3 is 24.4 Å². The first-order chi connectivity index (χ1) is 19.8. The highest BCUT2D eigenvalue weighted by Gasteiger charge is 2.34. The van der Waals surface area contributed by atoms with Gasteiger partial charge in [0, 0.05) is 12.1 Å². The maximum Gasteiger partial charge on any atom is 0.264 e. The van der Waals surface area contributed by atoms with Crippen LogP contribution in [0.2, 0.25) is 0 Å². The largest absolute Gasteiger partial charge is 0.497 e. The Labute approximate surface area is 248 Å². The first-order valence-electron chi connectivity index (χ1n) is 13.3. The summed E-state index contributed by atoms with van der Waals surface area (Å²) in [5.74, 6) is 0.445. The number of carbonyl (C=O) groups is 2. The molecular weight excluding hydrogens is 558 g/mol. The minimum Gasteiger partial charge on any atom is -0.497 e. The van der Waals surface area contributed by atoms with Crippen molar-refractivity contribution in [2.24, 2.45) is 0 Å². The second-order valence-corrected chi connectivity index (χ2v) is 12.5. The third-order valence-corrected chi connectivity index (χ3v) is 8.23. The number of nitrogens with zero attached hydrogens (tertiary/aromatic N) is 2. The third-order valence-electron chi connectivity index (χ3n) is 6.46. The molecule has 3 aromatic carbocycles. The van der Waals surface area contributed by atoms with Crippen LogP contribution >= 0.6 is 0 Å². The monoisotopic (exact) mass is 597 g/mol. The van der Waals surface area contributed by atoms with Gasteiger partial charge in [-0.15, -0.1) is 0 Å². The molecule has 0 aliphatic heterocycles. The van der Waals surface area contributed by atoms with Gasteiger partial charge in [0.05, 0.1) is 31.9 Å². The van der Waals surface area contributed by atoms with Crippen molar-refractivity contribution in [2.45, 2.75) is 50.7 Å². The van der Waals surface area contributed by atoms with Gasteiger partial charge in [-0.25, -0.2) is 8.42 Å². The fourth-order valence-electron chi connectivity index (χ4n) is 4.21. The number of hydrogen-bond acceptors (Lipinski definition) is 7. The minimum atomic E-state index is -4.26. The van der Waals surface area contributed by atoms with E-state index < -0.39 is 34.1 Å². The summed E-state index contributed by atoms with van der Waals surface area (Å²) in [6.07, 6.45) is 0. The van der Waals surface area contributed by atoms with E-state index in [2.05, 4.69) is 5.32 Å². The number of rotatable bonds is 12. The number of methoxy groups -OCH3 is 3. The molecule has 1 atom stereocenters. The second-order valence-electron chi connectivity index (χ2n) is 10.6. The summed E-state index contributed by atoms with van der Waals surface area (Å²) in [7, 11) is 0.199. The van der Waals surface area contributed by atoms with Crippen molar-refractivity contribution in [1.29, 1.82) is 0 Å². The van der Waals surface area contributed by atoms with Crippen LogP contribution in [-0.2, 0) is 26.2 Å².